The number of ether oxygens (including phenoxy) is 2. The summed E-state index contributed by atoms with van der Waals surface area (Å²) in [6, 6.07) is 6.31. The molecule has 2 aliphatic heterocycles. The fraction of sp³-hybridized carbons (Fsp3) is 0.500. The fourth-order valence-corrected chi connectivity index (χ4v) is 5.12. The number of nitrogens with one attached hydrogen (secondary N) is 2. The minimum absolute atomic E-state index is 0.0739. The summed E-state index contributed by atoms with van der Waals surface area (Å²) in [6.45, 7) is 7.83. The molecule has 2 fully saturated rings. The van der Waals surface area contributed by atoms with Crippen LogP contribution in [0.25, 0.3) is 16.8 Å². The summed E-state index contributed by atoms with van der Waals surface area (Å²) >= 11 is 0. The van der Waals surface area contributed by atoms with Gasteiger partial charge in [-0.25, -0.2) is 14.8 Å². The molecule has 37 heavy (non-hydrogen) atoms. The Hall–Kier alpha value is -3.46. The Labute approximate surface area is 219 Å². The van der Waals surface area contributed by atoms with E-state index in [-0.39, 0.29) is 18.0 Å². The van der Waals surface area contributed by atoms with Crippen LogP contribution >= 0.6 is 0 Å². The van der Waals surface area contributed by atoms with E-state index in [1.165, 1.54) is 11.8 Å². The summed E-state index contributed by atoms with van der Waals surface area (Å²) in [6.07, 6.45) is 7.97. The SMILES string of the molecule is CN/C=C(\C=N)c1nc(-c2ccc(C3CCOCC3)c([C@@H]3CCCN3C(=O)OC(C)(C)C)c2)cnc1N. The lowest BCUT2D eigenvalue weighted by Crippen LogP contribution is -2.36. The van der Waals surface area contributed by atoms with Crippen molar-refractivity contribution in [2.45, 2.75) is 64.0 Å². The molecule has 2 saturated heterocycles. The summed E-state index contributed by atoms with van der Waals surface area (Å²) in [5.41, 5.74) is 10.5. The van der Waals surface area contributed by atoms with Gasteiger partial charge in [-0.2, -0.15) is 0 Å². The van der Waals surface area contributed by atoms with Gasteiger partial charge in [0.05, 0.1) is 17.9 Å². The Morgan fingerprint density at radius 1 is 1.24 bits per heavy atom. The van der Waals surface area contributed by atoms with Gasteiger partial charge in [0.25, 0.3) is 0 Å². The van der Waals surface area contributed by atoms with E-state index in [1.807, 2.05) is 25.7 Å². The highest BCUT2D eigenvalue weighted by atomic mass is 16.6. The van der Waals surface area contributed by atoms with E-state index in [9.17, 15) is 4.79 Å². The molecule has 9 nitrogen and oxygen atoms in total. The smallest absolute Gasteiger partial charge is 0.410 e. The largest absolute Gasteiger partial charge is 0.444 e. The van der Waals surface area contributed by atoms with Gasteiger partial charge in [-0.1, -0.05) is 12.1 Å². The summed E-state index contributed by atoms with van der Waals surface area (Å²) in [4.78, 5) is 24.2. The van der Waals surface area contributed by atoms with E-state index < -0.39 is 5.60 Å². The Morgan fingerprint density at radius 3 is 2.68 bits per heavy atom. The third-order valence-electron chi connectivity index (χ3n) is 6.81. The number of aromatic nitrogens is 2. The number of hydrogen-bond acceptors (Lipinski definition) is 8. The Balaban J connectivity index is 1.78. The lowest BCUT2D eigenvalue weighted by Gasteiger charge is -2.32. The van der Waals surface area contributed by atoms with Gasteiger partial charge in [0.15, 0.2) is 0 Å². The maximum atomic E-state index is 13.2. The zero-order chi connectivity index (χ0) is 26.6. The van der Waals surface area contributed by atoms with Crippen LogP contribution in [-0.2, 0) is 9.47 Å². The second-order valence-corrected chi connectivity index (χ2v) is 10.6. The minimum Gasteiger partial charge on any atom is -0.444 e. The average molecular weight is 507 g/mol. The van der Waals surface area contributed by atoms with Crippen molar-refractivity contribution < 1.29 is 14.3 Å². The number of nitrogens with two attached hydrogens (primary N) is 1. The van der Waals surface area contributed by atoms with Crippen LogP contribution in [0.4, 0.5) is 10.6 Å². The molecule has 9 heteroatoms. The molecule has 0 saturated carbocycles. The number of rotatable bonds is 6. The quantitative estimate of drug-likeness (QED) is 0.476. The molecule has 198 valence electrons. The molecule has 2 aliphatic rings. The van der Waals surface area contributed by atoms with Gasteiger partial charge < -0.3 is 30.8 Å². The maximum absolute atomic E-state index is 13.2. The van der Waals surface area contributed by atoms with Gasteiger partial charge >= 0.3 is 6.09 Å². The Kier molecular flexibility index (Phi) is 8.12. The summed E-state index contributed by atoms with van der Waals surface area (Å²) < 4.78 is 11.4. The van der Waals surface area contributed by atoms with E-state index in [2.05, 4.69) is 28.5 Å². The van der Waals surface area contributed by atoms with Crippen LogP contribution in [0.5, 0.6) is 0 Å². The number of likely N-dealkylation sites (tertiary alicyclic amines) is 1. The van der Waals surface area contributed by atoms with E-state index in [1.54, 1.807) is 19.4 Å². The zero-order valence-corrected chi connectivity index (χ0v) is 22.2. The number of amides is 1. The van der Waals surface area contributed by atoms with E-state index in [0.717, 1.165) is 50.0 Å². The number of benzene rings is 1. The van der Waals surface area contributed by atoms with Gasteiger partial charge in [0.2, 0.25) is 0 Å². The van der Waals surface area contributed by atoms with Crippen molar-refractivity contribution in [2.24, 2.45) is 0 Å². The Morgan fingerprint density at radius 2 is 2.00 bits per heavy atom. The number of anilines is 1. The molecule has 0 unspecified atom stereocenters. The van der Waals surface area contributed by atoms with Crippen LogP contribution in [0.3, 0.4) is 0 Å². The molecule has 1 aromatic carbocycles. The first-order valence-electron chi connectivity index (χ1n) is 12.9. The number of hydrogen-bond donors (Lipinski definition) is 3. The molecule has 4 N–H and O–H groups in total. The number of carbonyl (C=O) groups excluding carboxylic acids is 1. The van der Waals surface area contributed by atoms with Crippen molar-refractivity contribution in [3.8, 4) is 11.3 Å². The molecule has 0 aliphatic carbocycles. The van der Waals surface area contributed by atoms with E-state index in [0.29, 0.717) is 29.4 Å². The molecule has 0 radical (unpaired) electrons. The van der Waals surface area contributed by atoms with Gasteiger partial charge in [0, 0.05) is 50.4 Å². The normalized spacial score (nSPS) is 19.1. The molecular formula is C28H38N6O3. The van der Waals surface area contributed by atoms with E-state index >= 15 is 0 Å². The lowest BCUT2D eigenvalue weighted by molar-refractivity contribution is 0.0222. The highest BCUT2D eigenvalue weighted by molar-refractivity contribution is 6.09. The number of nitrogen functional groups attached to an aromatic ring is 1. The van der Waals surface area contributed by atoms with E-state index in [4.69, 9.17) is 25.6 Å². The van der Waals surface area contributed by atoms with Crippen LogP contribution in [0.2, 0.25) is 0 Å². The summed E-state index contributed by atoms with van der Waals surface area (Å²) in [7, 11) is 1.76. The second-order valence-electron chi connectivity index (χ2n) is 10.6. The van der Waals surface area contributed by atoms with Crippen molar-refractivity contribution in [3.05, 3.63) is 47.4 Å². The topological polar surface area (TPSA) is 126 Å². The number of allylic oxidation sites excluding steroid dienone is 1. The van der Waals surface area contributed by atoms with Gasteiger partial charge in [-0.15, -0.1) is 0 Å². The predicted molar refractivity (Wildman–Crippen MR) is 145 cm³/mol. The third-order valence-corrected chi connectivity index (χ3v) is 6.81. The van der Waals surface area contributed by atoms with Gasteiger partial charge in [0.1, 0.15) is 17.1 Å². The molecule has 4 rings (SSSR count). The monoisotopic (exact) mass is 506 g/mol. The number of carbonyl (C=O) groups is 1. The van der Waals surface area contributed by atoms with Crippen LogP contribution in [0.15, 0.2) is 30.6 Å². The fourth-order valence-electron chi connectivity index (χ4n) is 5.12. The first kappa shape index (κ1) is 26.6. The second kappa shape index (κ2) is 11.3. The molecule has 2 aromatic rings. The lowest BCUT2D eigenvalue weighted by atomic mass is 9.84. The molecule has 0 spiro atoms. The van der Waals surface area contributed by atoms with Gasteiger partial charge in [-0.3, -0.25) is 0 Å². The average Bonchev–Trinajstić information content (AvgIpc) is 3.37. The van der Waals surface area contributed by atoms with Crippen molar-refractivity contribution >= 4 is 23.7 Å². The molecule has 3 heterocycles. The summed E-state index contributed by atoms with van der Waals surface area (Å²) in [5, 5.41) is 10.7. The van der Waals surface area contributed by atoms with Crippen molar-refractivity contribution in [1.29, 1.82) is 5.41 Å². The van der Waals surface area contributed by atoms with Crippen molar-refractivity contribution in [1.82, 2.24) is 20.2 Å². The van der Waals surface area contributed by atoms with Crippen LogP contribution < -0.4 is 11.1 Å². The van der Waals surface area contributed by atoms with Crippen LogP contribution in [-0.4, -0.2) is 59.6 Å². The Bertz CT molecular complexity index is 1170. The number of nitrogens with zero attached hydrogens (tertiary/aromatic N) is 3. The van der Waals surface area contributed by atoms with Gasteiger partial charge in [-0.05, 0) is 69.6 Å². The third kappa shape index (κ3) is 6.10. The molecule has 1 atom stereocenters. The van der Waals surface area contributed by atoms with Crippen LogP contribution in [0.1, 0.15) is 75.2 Å². The standard InChI is InChI=1S/C28H38N6O3/c1-28(2,3)37-27(35)34-11-5-6-24(34)22-14-19(7-8-21(22)18-9-12-36-13-10-18)23-17-32-26(30)25(33-23)20(15-29)16-31-4/h7-8,14-18,24,29,31H,5-6,9-13H2,1-4H3,(H2,30,32)/b20-16+,29-15?/t24-/m0/s1. The molecule has 1 amide bonds. The molecular weight excluding hydrogens is 468 g/mol. The first-order valence-corrected chi connectivity index (χ1v) is 12.9. The summed E-state index contributed by atoms with van der Waals surface area (Å²) in [5.74, 6) is 0.634. The minimum atomic E-state index is -0.557. The maximum Gasteiger partial charge on any atom is 0.410 e. The highest BCUT2D eigenvalue weighted by Gasteiger charge is 2.35. The van der Waals surface area contributed by atoms with Crippen molar-refractivity contribution in [2.75, 3.05) is 32.5 Å². The van der Waals surface area contributed by atoms with Crippen molar-refractivity contribution in [3.63, 3.8) is 0 Å². The predicted octanol–water partition coefficient (Wildman–Crippen LogP) is 4.90. The zero-order valence-electron chi connectivity index (χ0n) is 22.2. The van der Waals surface area contributed by atoms with Crippen LogP contribution in [0, 0.1) is 5.41 Å². The highest BCUT2D eigenvalue weighted by Crippen LogP contribution is 2.41. The molecule has 0 bridgehead atoms. The molecule has 1 aromatic heterocycles. The first-order chi connectivity index (χ1) is 17.7.